The molecule has 1 aromatic heterocycles. The van der Waals surface area contributed by atoms with Gasteiger partial charge in [-0.25, -0.2) is 4.98 Å². The molecule has 1 heterocycles. The van der Waals surface area contributed by atoms with Crippen LogP contribution in [0.2, 0.25) is 5.15 Å². The van der Waals surface area contributed by atoms with Crippen molar-refractivity contribution in [3.63, 3.8) is 0 Å². The van der Waals surface area contributed by atoms with Crippen molar-refractivity contribution in [3.05, 3.63) is 29.0 Å². The summed E-state index contributed by atoms with van der Waals surface area (Å²) in [5.41, 5.74) is 0.871. The lowest BCUT2D eigenvalue weighted by molar-refractivity contribution is -0.238. The second-order valence-corrected chi connectivity index (χ2v) is 3.90. The van der Waals surface area contributed by atoms with Crippen molar-refractivity contribution in [2.45, 2.75) is 19.6 Å². The van der Waals surface area contributed by atoms with Crippen molar-refractivity contribution in [1.82, 2.24) is 10.3 Å². The van der Waals surface area contributed by atoms with Gasteiger partial charge in [0.05, 0.1) is 6.54 Å². The highest BCUT2D eigenvalue weighted by molar-refractivity contribution is 6.29. The molecule has 1 rings (SSSR count). The van der Waals surface area contributed by atoms with Crippen LogP contribution in [0, 0.1) is 0 Å². The van der Waals surface area contributed by atoms with Gasteiger partial charge in [0.1, 0.15) is 5.15 Å². The normalized spacial score (nSPS) is 11.8. The molecule has 0 spiro atoms. The number of pyridine rings is 1. The predicted octanol–water partition coefficient (Wildman–Crippen LogP) is 2.18. The maximum absolute atomic E-state index is 5.91. The molecule has 0 aliphatic heterocycles. The van der Waals surface area contributed by atoms with E-state index in [-0.39, 0.29) is 0 Å². The minimum atomic E-state index is -0.801. The highest BCUT2D eigenvalue weighted by Gasteiger charge is 2.33. The maximum atomic E-state index is 5.91. The molecule has 0 unspecified atom stereocenters. The van der Waals surface area contributed by atoms with Gasteiger partial charge in [0.15, 0.2) is 0 Å². The Morgan fingerprint density at radius 2 is 2.00 bits per heavy atom. The summed E-state index contributed by atoms with van der Waals surface area (Å²) < 4.78 is 11.6. The summed E-state index contributed by atoms with van der Waals surface area (Å²) in [6, 6.07) is 3.62. The molecule has 5 heteroatoms. The lowest BCUT2D eigenvalue weighted by Crippen LogP contribution is -2.42. The van der Waals surface area contributed by atoms with E-state index in [4.69, 9.17) is 21.1 Å². The minimum Gasteiger partial charge on any atom is -0.345 e. The third kappa shape index (κ3) is 3.64. The number of likely N-dealkylation sites (N-methyl/N-ethyl adjacent to an activating group) is 1. The molecule has 0 aliphatic carbocycles. The number of nitrogens with one attached hydrogen (secondary N) is 1. The molecule has 17 heavy (non-hydrogen) atoms. The first-order chi connectivity index (χ1) is 8.18. The van der Waals surface area contributed by atoms with Gasteiger partial charge in [-0.15, -0.1) is 0 Å². The largest absolute Gasteiger partial charge is 0.345 e. The quantitative estimate of drug-likeness (QED) is 0.601. The number of halogens is 1. The van der Waals surface area contributed by atoms with Crippen molar-refractivity contribution in [1.29, 1.82) is 0 Å². The van der Waals surface area contributed by atoms with Gasteiger partial charge in [0.2, 0.25) is 5.79 Å². The Hall–Kier alpha value is -0.680. The van der Waals surface area contributed by atoms with Crippen LogP contribution in [0.5, 0.6) is 0 Å². The standard InChI is InChI=1S/C12H19ClN2O2/c1-4-16-12(9-14-3,17-5-2)10-6-7-15-11(13)8-10/h6-8,14H,4-5,9H2,1-3H3. The Morgan fingerprint density at radius 3 is 2.47 bits per heavy atom. The third-order valence-electron chi connectivity index (χ3n) is 2.33. The summed E-state index contributed by atoms with van der Waals surface area (Å²) in [4.78, 5) is 3.97. The Kier molecular flexibility index (Phi) is 5.85. The van der Waals surface area contributed by atoms with Crippen LogP contribution >= 0.6 is 11.6 Å². The highest BCUT2D eigenvalue weighted by Crippen LogP contribution is 2.28. The number of ether oxygens (including phenoxy) is 2. The lowest BCUT2D eigenvalue weighted by atomic mass is 10.1. The van der Waals surface area contributed by atoms with E-state index in [1.54, 1.807) is 12.3 Å². The Balaban J connectivity index is 3.09. The van der Waals surface area contributed by atoms with Crippen LogP contribution in [0.1, 0.15) is 19.4 Å². The van der Waals surface area contributed by atoms with E-state index in [0.717, 1.165) is 5.56 Å². The number of hydrogen-bond acceptors (Lipinski definition) is 4. The second kappa shape index (κ2) is 6.91. The van der Waals surface area contributed by atoms with Crippen molar-refractivity contribution in [2.24, 2.45) is 0 Å². The average Bonchev–Trinajstić information content (AvgIpc) is 2.30. The zero-order valence-electron chi connectivity index (χ0n) is 10.5. The zero-order chi connectivity index (χ0) is 12.7. The SMILES string of the molecule is CCOC(CNC)(OCC)c1ccnc(Cl)c1. The van der Waals surface area contributed by atoms with Gasteiger partial charge in [0.25, 0.3) is 0 Å². The van der Waals surface area contributed by atoms with Crippen LogP contribution in [-0.2, 0) is 15.3 Å². The summed E-state index contributed by atoms with van der Waals surface area (Å²) in [5.74, 6) is -0.801. The van der Waals surface area contributed by atoms with Crippen molar-refractivity contribution >= 4 is 11.6 Å². The fourth-order valence-electron chi connectivity index (χ4n) is 1.75. The summed E-state index contributed by atoms with van der Waals surface area (Å²) in [5, 5.41) is 3.52. The van der Waals surface area contributed by atoms with Gasteiger partial charge in [-0.1, -0.05) is 11.6 Å². The lowest BCUT2D eigenvalue weighted by Gasteiger charge is -2.33. The summed E-state index contributed by atoms with van der Waals surface area (Å²) >= 11 is 5.91. The minimum absolute atomic E-state index is 0.433. The molecule has 0 aliphatic rings. The molecule has 1 aromatic rings. The second-order valence-electron chi connectivity index (χ2n) is 3.52. The van der Waals surface area contributed by atoms with E-state index in [2.05, 4.69) is 10.3 Å². The molecular weight excluding hydrogens is 240 g/mol. The first kappa shape index (κ1) is 14.4. The molecule has 0 radical (unpaired) electrons. The average molecular weight is 259 g/mol. The smallest absolute Gasteiger partial charge is 0.207 e. The summed E-state index contributed by atoms with van der Waals surface area (Å²) in [7, 11) is 1.86. The molecule has 0 atom stereocenters. The summed E-state index contributed by atoms with van der Waals surface area (Å²) in [6.45, 7) is 5.54. The van der Waals surface area contributed by atoms with Crippen molar-refractivity contribution in [2.75, 3.05) is 26.8 Å². The molecule has 0 aromatic carbocycles. The van der Waals surface area contributed by atoms with Crippen LogP contribution in [0.4, 0.5) is 0 Å². The van der Waals surface area contributed by atoms with Crippen LogP contribution in [-0.4, -0.2) is 31.8 Å². The Bertz CT molecular complexity index is 330. The molecular formula is C12H19ClN2O2. The number of nitrogens with zero attached hydrogens (tertiary/aromatic N) is 1. The fourth-order valence-corrected chi connectivity index (χ4v) is 1.92. The zero-order valence-corrected chi connectivity index (χ0v) is 11.3. The van der Waals surface area contributed by atoms with E-state index < -0.39 is 5.79 Å². The molecule has 1 N–H and O–H groups in total. The van der Waals surface area contributed by atoms with Gasteiger partial charge < -0.3 is 14.8 Å². The molecule has 0 amide bonds. The number of aromatic nitrogens is 1. The van der Waals surface area contributed by atoms with Crippen LogP contribution < -0.4 is 5.32 Å². The topological polar surface area (TPSA) is 43.4 Å². The molecule has 0 saturated heterocycles. The van der Waals surface area contributed by atoms with Crippen LogP contribution in [0.15, 0.2) is 18.3 Å². The highest BCUT2D eigenvalue weighted by atomic mass is 35.5. The Labute approximate surface area is 107 Å². The van der Waals surface area contributed by atoms with Gasteiger partial charge in [-0.3, -0.25) is 0 Å². The van der Waals surface area contributed by atoms with Gasteiger partial charge in [-0.2, -0.15) is 0 Å². The first-order valence-electron chi connectivity index (χ1n) is 5.73. The summed E-state index contributed by atoms with van der Waals surface area (Å²) in [6.07, 6.45) is 1.65. The third-order valence-corrected chi connectivity index (χ3v) is 2.54. The van der Waals surface area contributed by atoms with E-state index in [9.17, 15) is 0 Å². The van der Waals surface area contributed by atoms with E-state index in [1.165, 1.54) is 0 Å². The molecule has 0 bridgehead atoms. The first-order valence-corrected chi connectivity index (χ1v) is 6.11. The molecule has 0 saturated carbocycles. The molecule has 4 nitrogen and oxygen atoms in total. The molecule has 0 fully saturated rings. The predicted molar refractivity (Wildman–Crippen MR) is 68.1 cm³/mol. The van der Waals surface area contributed by atoms with Crippen LogP contribution in [0.25, 0.3) is 0 Å². The fraction of sp³-hybridized carbons (Fsp3) is 0.583. The van der Waals surface area contributed by atoms with E-state index in [0.29, 0.717) is 24.9 Å². The maximum Gasteiger partial charge on any atom is 0.207 e. The monoisotopic (exact) mass is 258 g/mol. The van der Waals surface area contributed by atoms with Gasteiger partial charge in [0, 0.05) is 25.0 Å². The van der Waals surface area contributed by atoms with Crippen molar-refractivity contribution in [3.8, 4) is 0 Å². The van der Waals surface area contributed by atoms with E-state index in [1.807, 2.05) is 27.0 Å². The van der Waals surface area contributed by atoms with E-state index >= 15 is 0 Å². The van der Waals surface area contributed by atoms with Crippen LogP contribution in [0.3, 0.4) is 0 Å². The Morgan fingerprint density at radius 1 is 1.35 bits per heavy atom. The number of rotatable bonds is 7. The van der Waals surface area contributed by atoms with Crippen molar-refractivity contribution < 1.29 is 9.47 Å². The number of hydrogen-bond donors (Lipinski definition) is 1. The van der Waals surface area contributed by atoms with Gasteiger partial charge in [-0.05, 0) is 33.0 Å². The van der Waals surface area contributed by atoms with Gasteiger partial charge >= 0.3 is 0 Å². The molecule has 96 valence electrons.